The predicted octanol–water partition coefficient (Wildman–Crippen LogP) is 6.02. The molecule has 0 spiro atoms. The van der Waals surface area contributed by atoms with Crippen LogP contribution >= 0.6 is 23.2 Å². The van der Waals surface area contributed by atoms with Crippen LogP contribution in [0.3, 0.4) is 0 Å². The van der Waals surface area contributed by atoms with E-state index in [0.717, 1.165) is 0 Å². The molecular weight excluding hydrogens is 482 g/mol. The number of Topliss-reactive ketones (excluding diaryl/α,β-unsaturated/α-hetero) is 1. The molecule has 1 aliphatic carbocycles. The molecular formula is C25H25Cl2FO4Si. The van der Waals surface area contributed by atoms with Gasteiger partial charge in [-0.2, -0.15) is 0 Å². The van der Waals surface area contributed by atoms with Crippen molar-refractivity contribution in [1.29, 1.82) is 0 Å². The number of ketones is 1. The lowest BCUT2D eigenvalue weighted by Crippen LogP contribution is -2.33. The van der Waals surface area contributed by atoms with E-state index in [0.29, 0.717) is 23.1 Å². The van der Waals surface area contributed by atoms with Gasteiger partial charge in [-0.3, -0.25) is 4.79 Å². The number of ether oxygens (including phenoxy) is 2. The summed E-state index contributed by atoms with van der Waals surface area (Å²) in [5.41, 5.74) is 3.91. The Bertz CT molecular complexity index is 1150. The predicted molar refractivity (Wildman–Crippen MR) is 130 cm³/mol. The third-order valence-corrected chi connectivity index (χ3v) is 7.09. The summed E-state index contributed by atoms with van der Waals surface area (Å²) in [6.45, 7) is 7.97. The van der Waals surface area contributed by atoms with Crippen LogP contribution in [0.2, 0.25) is 29.7 Å². The van der Waals surface area contributed by atoms with E-state index >= 15 is 0 Å². The molecule has 3 rings (SSSR count). The van der Waals surface area contributed by atoms with Gasteiger partial charge in [-0.15, -0.1) is 11.5 Å². The highest BCUT2D eigenvalue weighted by atomic mass is 35.5. The zero-order valence-electron chi connectivity index (χ0n) is 19.0. The number of hydrogen-bond acceptors (Lipinski definition) is 4. The van der Waals surface area contributed by atoms with E-state index in [-0.39, 0.29) is 47.0 Å². The van der Waals surface area contributed by atoms with Crippen molar-refractivity contribution in [2.24, 2.45) is 0 Å². The topological polar surface area (TPSA) is 52.6 Å². The fourth-order valence-electron chi connectivity index (χ4n) is 3.83. The van der Waals surface area contributed by atoms with Crippen LogP contribution in [0.1, 0.15) is 34.8 Å². The van der Waals surface area contributed by atoms with Crippen LogP contribution in [0, 0.1) is 17.3 Å². The van der Waals surface area contributed by atoms with Crippen LogP contribution in [-0.4, -0.2) is 33.0 Å². The first-order valence-electron chi connectivity index (χ1n) is 10.6. The quantitative estimate of drug-likeness (QED) is 0.273. The highest BCUT2D eigenvalue weighted by molar-refractivity contribution is 6.83. The Labute approximate surface area is 204 Å². The van der Waals surface area contributed by atoms with Crippen molar-refractivity contribution >= 4 is 43.0 Å². The zero-order valence-corrected chi connectivity index (χ0v) is 21.5. The van der Waals surface area contributed by atoms with E-state index in [2.05, 4.69) is 31.1 Å². The molecule has 0 aliphatic heterocycles. The van der Waals surface area contributed by atoms with Crippen LogP contribution < -0.4 is 4.74 Å². The summed E-state index contributed by atoms with van der Waals surface area (Å²) in [7, 11) is -1.67. The molecule has 0 radical (unpaired) electrons. The van der Waals surface area contributed by atoms with E-state index in [1.807, 2.05) is 0 Å². The second-order valence-corrected chi connectivity index (χ2v) is 14.5. The third kappa shape index (κ3) is 5.43. The van der Waals surface area contributed by atoms with Gasteiger partial charge in [-0.05, 0) is 42.7 Å². The number of hydrogen-bond donors (Lipinski definition) is 0. The average molecular weight is 507 g/mol. The van der Waals surface area contributed by atoms with Gasteiger partial charge in [0.15, 0.2) is 12.4 Å². The maximum atomic E-state index is 13.8. The van der Waals surface area contributed by atoms with Crippen molar-refractivity contribution in [3.63, 3.8) is 0 Å². The number of carbonyl (C=O) groups is 2. The lowest BCUT2D eigenvalue weighted by Gasteiger charge is -2.26. The number of carbonyl (C=O) groups excluding carboxylic acids is 2. The molecule has 0 aromatic heterocycles. The molecule has 2 aromatic rings. The maximum absolute atomic E-state index is 13.8. The molecule has 1 aliphatic rings. The molecule has 0 amide bonds. The van der Waals surface area contributed by atoms with Gasteiger partial charge in [0, 0.05) is 12.0 Å². The van der Waals surface area contributed by atoms with Crippen LogP contribution in [0.15, 0.2) is 30.3 Å². The second kappa shape index (κ2) is 9.88. The third-order valence-electron chi connectivity index (χ3n) is 5.31. The second-order valence-electron chi connectivity index (χ2n) is 8.95. The highest BCUT2D eigenvalue weighted by Gasteiger charge is 2.48. The summed E-state index contributed by atoms with van der Waals surface area (Å²) in [5.74, 6) is 2.28. The summed E-state index contributed by atoms with van der Waals surface area (Å²) in [6.07, 6.45) is 0.573. The molecule has 2 aromatic carbocycles. The summed E-state index contributed by atoms with van der Waals surface area (Å²) in [4.78, 5) is 25.5. The Morgan fingerprint density at radius 1 is 1.18 bits per heavy atom. The van der Waals surface area contributed by atoms with Gasteiger partial charge in [0.25, 0.3) is 0 Å². The molecule has 0 N–H and O–H groups in total. The molecule has 8 heteroatoms. The van der Waals surface area contributed by atoms with Gasteiger partial charge in [-0.1, -0.05) is 55.0 Å². The molecule has 0 heterocycles. The Morgan fingerprint density at radius 3 is 2.45 bits per heavy atom. The molecule has 0 fully saturated rings. The lowest BCUT2D eigenvalue weighted by atomic mass is 9.74. The van der Waals surface area contributed by atoms with Gasteiger partial charge < -0.3 is 9.47 Å². The van der Waals surface area contributed by atoms with Crippen molar-refractivity contribution in [2.75, 3.05) is 13.2 Å². The van der Waals surface area contributed by atoms with Gasteiger partial charge in [-0.25, -0.2) is 9.18 Å². The minimum Gasteiger partial charge on any atom is -0.480 e. The van der Waals surface area contributed by atoms with Gasteiger partial charge in [0.05, 0.1) is 17.0 Å². The number of fused-ring (bicyclic) bond motifs is 1. The summed E-state index contributed by atoms with van der Waals surface area (Å²) in [5, 5.41) is 0.122. The molecule has 1 atom stereocenters. The average Bonchev–Trinajstić information content (AvgIpc) is 3.02. The Balaban J connectivity index is 2.05. The molecule has 1 unspecified atom stereocenters. The number of rotatable bonds is 6. The van der Waals surface area contributed by atoms with Gasteiger partial charge in [0.1, 0.15) is 24.7 Å². The Kier molecular flexibility index (Phi) is 7.58. The summed E-state index contributed by atoms with van der Waals surface area (Å²) < 4.78 is 24.1. The maximum Gasteiger partial charge on any atom is 0.344 e. The first kappa shape index (κ1) is 25.3. The van der Waals surface area contributed by atoms with E-state index in [1.165, 1.54) is 12.1 Å². The Hall–Kier alpha value is -2.33. The van der Waals surface area contributed by atoms with E-state index < -0.39 is 19.5 Å². The minimum absolute atomic E-state index is 0.0520. The highest BCUT2D eigenvalue weighted by Crippen LogP contribution is 2.48. The molecule has 4 nitrogen and oxygen atoms in total. The number of halogens is 3. The van der Waals surface area contributed by atoms with Crippen molar-refractivity contribution in [3.05, 3.63) is 62.9 Å². The summed E-state index contributed by atoms with van der Waals surface area (Å²) >= 11 is 12.9. The standard InChI is InChI=1S/C25H25Cl2FO4Si/c1-5-31-20(29)15-32-19-13-16-14-25(11-6-12-33(2,3)4,17-7-9-18(28)10-8-17)24(30)21(16)23(27)22(19)26/h7-10,13H,5,11,14-15H2,1-4H3. The van der Waals surface area contributed by atoms with Crippen LogP contribution in [0.25, 0.3) is 0 Å². The largest absolute Gasteiger partial charge is 0.480 e. The zero-order chi connectivity index (χ0) is 24.4. The van der Waals surface area contributed by atoms with Crippen molar-refractivity contribution in [1.82, 2.24) is 0 Å². The van der Waals surface area contributed by atoms with Gasteiger partial charge >= 0.3 is 5.97 Å². The van der Waals surface area contributed by atoms with Crippen molar-refractivity contribution < 1.29 is 23.5 Å². The number of esters is 1. The van der Waals surface area contributed by atoms with E-state index in [4.69, 9.17) is 32.7 Å². The fourth-order valence-corrected chi connectivity index (χ4v) is 4.96. The fraction of sp³-hybridized carbons (Fsp3) is 0.360. The first-order valence-corrected chi connectivity index (χ1v) is 14.8. The first-order chi connectivity index (χ1) is 15.5. The molecule has 0 saturated heterocycles. The Morgan fingerprint density at radius 2 is 1.85 bits per heavy atom. The molecule has 174 valence electrons. The molecule has 0 saturated carbocycles. The SMILES string of the molecule is CCOC(=O)COc1cc2c(c(Cl)c1Cl)C(=O)C(CC#C[Si](C)(C)C)(c1ccc(F)cc1)C2. The smallest absolute Gasteiger partial charge is 0.344 e. The monoisotopic (exact) mass is 506 g/mol. The van der Waals surface area contributed by atoms with E-state index in [1.54, 1.807) is 25.1 Å². The van der Waals surface area contributed by atoms with Crippen molar-refractivity contribution in [2.45, 2.75) is 44.8 Å². The normalized spacial score (nSPS) is 17.2. The van der Waals surface area contributed by atoms with E-state index in [9.17, 15) is 14.0 Å². The minimum atomic E-state index is -1.67. The molecule has 0 bridgehead atoms. The van der Waals surface area contributed by atoms with Crippen LogP contribution in [0.5, 0.6) is 5.75 Å². The lowest BCUT2D eigenvalue weighted by molar-refractivity contribution is -0.145. The molecule has 33 heavy (non-hydrogen) atoms. The summed E-state index contributed by atoms with van der Waals surface area (Å²) in [6, 6.07) is 7.54. The van der Waals surface area contributed by atoms with Crippen LogP contribution in [-0.2, 0) is 21.4 Å². The van der Waals surface area contributed by atoms with Gasteiger partial charge in [0.2, 0.25) is 0 Å². The van der Waals surface area contributed by atoms with Crippen molar-refractivity contribution in [3.8, 4) is 17.2 Å². The number of benzene rings is 2. The van der Waals surface area contributed by atoms with Crippen LogP contribution in [0.4, 0.5) is 4.39 Å².